The summed E-state index contributed by atoms with van der Waals surface area (Å²) in [7, 11) is 0. The third-order valence-electron chi connectivity index (χ3n) is 3.04. The minimum absolute atomic E-state index is 0.0159. The van der Waals surface area contributed by atoms with Gasteiger partial charge in [0.25, 0.3) is 0 Å². The highest BCUT2D eigenvalue weighted by molar-refractivity contribution is 5.82. The summed E-state index contributed by atoms with van der Waals surface area (Å²) in [5, 5.41) is 2.98. The average Bonchev–Trinajstić information content (AvgIpc) is 2.12. The maximum absolute atomic E-state index is 11.6. The number of urea groups is 1. The van der Waals surface area contributed by atoms with E-state index in [9.17, 15) is 9.59 Å². The predicted octanol–water partition coefficient (Wildman–Crippen LogP) is 0.913. The van der Waals surface area contributed by atoms with Crippen molar-refractivity contribution in [1.82, 2.24) is 10.2 Å². The standard InChI is InChI=1S/C10H16N2O2/c13-9-4-6-12(7-5-9)10(14)11-8-2-1-3-8/h8H,1-7H2,(H,11,14). The SMILES string of the molecule is O=C1CCN(C(=O)NC2CCC2)CC1. The number of nitrogens with zero attached hydrogens (tertiary/aromatic N) is 1. The maximum atomic E-state index is 11.6. The number of rotatable bonds is 1. The van der Waals surface area contributed by atoms with Crippen LogP contribution in [0.2, 0.25) is 0 Å². The van der Waals surface area contributed by atoms with E-state index < -0.39 is 0 Å². The van der Waals surface area contributed by atoms with Crippen LogP contribution in [0.1, 0.15) is 32.1 Å². The van der Waals surface area contributed by atoms with Crippen LogP contribution in [0.4, 0.5) is 4.79 Å². The molecule has 14 heavy (non-hydrogen) atoms. The fourth-order valence-electron chi connectivity index (χ4n) is 1.78. The zero-order chi connectivity index (χ0) is 9.97. The van der Waals surface area contributed by atoms with Crippen molar-refractivity contribution in [3.63, 3.8) is 0 Å². The second-order valence-corrected chi connectivity index (χ2v) is 4.10. The normalized spacial score (nSPS) is 23.1. The van der Waals surface area contributed by atoms with Gasteiger partial charge < -0.3 is 10.2 Å². The fourth-order valence-corrected chi connectivity index (χ4v) is 1.78. The van der Waals surface area contributed by atoms with E-state index in [4.69, 9.17) is 0 Å². The lowest BCUT2D eigenvalue weighted by Crippen LogP contribution is -2.49. The number of carbonyl (C=O) groups is 2. The minimum Gasteiger partial charge on any atom is -0.335 e. The first kappa shape index (κ1) is 9.49. The number of piperidine rings is 1. The molecule has 78 valence electrons. The Labute approximate surface area is 83.6 Å². The van der Waals surface area contributed by atoms with Crippen LogP contribution in [0.25, 0.3) is 0 Å². The zero-order valence-electron chi connectivity index (χ0n) is 8.29. The molecule has 1 aliphatic carbocycles. The van der Waals surface area contributed by atoms with Gasteiger partial charge in [0.15, 0.2) is 0 Å². The highest BCUT2D eigenvalue weighted by atomic mass is 16.2. The van der Waals surface area contributed by atoms with Gasteiger partial charge in [-0.2, -0.15) is 0 Å². The molecule has 0 aromatic rings. The van der Waals surface area contributed by atoms with Crippen molar-refractivity contribution in [1.29, 1.82) is 0 Å². The van der Waals surface area contributed by atoms with Gasteiger partial charge in [-0.1, -0.05) is 0 Å². The third kappa shape index (κ3) is 2.05. The van der Waals surface area contributed by atoms with Crippen molar-refractivity contribution >= 4 is 11.8 Å². The molecule has 2 aliphatic rings. The molecule has 1 saturated heterocycles. The highest BCUT2D eigenvalue weighted by Crippen LogP contribution is 2.18. The van der Waals surface area contributed by atoms with Crippen LogP contribution in [0.15, 0.2) is 0 Å². The fraction of sp³-hybridized carbons (Fsp3) is 0.800. The van der Waals surface area contributed by atoms with E-state index in [1.54, 1.807) is 4.90 Å². The number of hydrogen-bond acceptors (Lipinski definition) is 2. The summed E-state index contributed by atoms with van der Waals surface area (Å²) < 4.78 is 0. The molecule has 1 heterocycles. The van der Waals surface area contributed by atoms with Gasteiger partial charge in [0.05, 0.1) is 0 Å². The van der Waals surface area contributed by atoms with Crippen molar-refractivity contribution in [2.24, 2.45) is 0 Å². The summed E-state index contributed by atoms with van der Waals surface area (Å²) in [6.07, 6.45) is 4.50. The molecule has 2 fully saturated rings. The van der Waals surface area contributed by atoms with Crippen LogP contribution >= 0.6 is 0 Å². The van der Waals surface area contributed by atoms with Gasteiger partial charge in [0.1, 0.15) is 5.78 Å². The first-order valence-electron chi connectivity index (χ1n) is 5.33. The lowest BCUT2D eigenvalue weighted by Gasteiger charge is -2.32. The van der Waals surface area contributed by atoms with E-state index >= 15 is 0 Å². The Hall–Kier alpha value is -1.06. The molecule has 0 spiro atoms. The zero-order valence-corrected chi connectivity index (χ0v) is 8.29. The second kappa shape index (κ2) is 3.98. The molecule has 2 rings (SSSR count). The van der Waals surface area contributed by atoms with E-state index in [0.29, 0.717) is 32.0 Å². The Morgan fingerprint density at radius 1 is 1.29 bits per heavy atom. The topological polar surface area (TPSA) is 49.4 Å². The Morgan fingerprint density at radius 2 is 1.93 bits per heavy atom. The monoisotopic (exact) mass is 196 g/mol. The van der Waals surface area contributed by atoms with Crippen LogP contribution in [-0.4, -0.2) is 35.8 Å². The molecule has 1 aliphatic heterocycles. The molecule has 0 unspecified atom stereocenters. The highest BCUT2D eigenvalue weighted by Gasteiger charge is 2.25. The number of carbonyl (C=O) groups excluding carboxylic acids is 2. The number of likely N-dealkylation sites (tertiary alicyclic amines) is 1. The van der Waals surface area contributed by atoms with Gasteiger partial charge in [0, 0.05) is 32.0 Å². The van der Waals surface area contributed by atoms with Gasteiger partial charge >= 0.3 is 6.03 Å². The first-order chi connectivity index (χ1) is 6.75. The van der Waals surface area contributed by atoms with Gasteiger partial charge in [-0.25, -0.2) is 4.79 Å². The van der Waals surface area contributed by atoms with Crippen LogP contribution in [0.5, 0.6) is 0 Å². The van der Waals surface area contributed by atoms with E-state index in [0.717, 1.165) is 12.8 Å². The number of Topliss-reactive ketones (excluding diaryl/α,β-unsaturated/α-hetero) is 1. The molecule has 2 amide bonds. The Morgan fingerprint density at radius 3 is 2.43 bits per heavy atom. The van der Waals surface area contributed by atoms with Crippen LogP contribution in [0.3, 0.4) is 0 Å². The maximum Gasteiger partial charge on any atom is 0.317 e. The molecular weight excluding hydrogens is 180 g/mol. The second-order valence-electron chi connectivity index (χ2n) is 4.10. The molecular formula is C10H16N2O2. The van der Waals surface area contributed by atoms with E-state index in [-0.39, 0.29) is 11.8 Å². The summed E-state index contributed by atoms with van der Waals surface area (Å²) in [6.45, 7) is 1.19. The molecule has 0 aromatic carbocycles. The van der Waals surface area contributed by atoms with Gasteiger partial charge in [0.2, 0.25) is 0 Å². The smallest absolute Gasteiger partial charge is 0.317 e. The summed E-state index contributed by atoms with van der Waals surface area (Å²) in [5.41, 5.74) is 0. The van der Waals surface area contributed by atoms with E-state index in [2.05, 4.69) is 5.32 Å². The summed E-state index contributed by atoms with van der Waals surface area (Å²) >= 11 is 0. The summed E-state index contributed by atoms with van der Waals surface area (Å²) in [6, 6.07) is 0.405. The average molecular weight is 196 g/mol. The van der Waals surface area contributed by atoms with Gasteiger partial charge in [-0.3, -0.25) is 4.79 Å². The van der Waals surface area contributed by atoms with Crippen molar-refractivity contribution in [3.05, 3.63) is 0 Å². The first-order valence-corrected chi connectivity index (χ1v) is 5.33. The van der Waals surface area contributed by atoms with Gasteiger partial charge in [-0.05, 0) is 19.3 Å². The molecule has 1 saturated carbocycles. The van der Waals surface area contributed by atoms with Crippen molar-refractivity contribution in [2.45, 2.75) is 38.1 Å². The Bertz CT molecular complexity index is 239. The number of hydrogen-bond donors (Lipinski definition) is 1. The summed E-state index contributed by atoms with van der Waals surface area (Å²) in [5.74, 6) is 0.276. The van der Waals surface area contributed by atoms with Crippen molar-refractivity contribution < 1.29 is 9.59 Å². The van der Waals surface area contributed by atoms with Crippen LogP contribution < -0.4 is 5.32 Å². The van der Waals surface area contributed by atoms with Crippen molar-refractivity contribution in [2.75, 3.05) is 13.1 Å². The van der Waals surface area contributed by atoms with Crippen LogP contribution in [-0.2, 0) is 4.79 Å². The number of nitrogens with one attached hydrogen (secondary N) is 1. The van der Waals surface area contributed by atoms with E-state index in [1.165, 1.54) is 6.42 Å². The third-order valence-corrected chi connectivity index (χ3v) is 3.04. The molecule has 4 nitrogen and oxygen atoms in total. The quantitative estimate of drug-likeness (QED) is 0.677. The summed E-state index contributed by atoms with van der Waals surface area (Å²) in [4.78, 5) is 24.3. The molecule has 0 bridgehead atoms. The molecule has 0 radical (unpaired) electrons. The van der Waals surface area contributed by atoms with Crippen LogP contribution in [0, 0.1) is 0 Å². The molecule has 0 aromatic heterocycles. The van der Waals surface area contributed by atoms with Crippen molar-refractivity contribution in [3.8, 4) is 0 Å². The molecule has 4 heteroatoms. The van der Waals surface area contributed by atoms with Gasteiger partial charge in [-0.15, -0.1) is 0 Å². The molecule has 0 atom stereocenters. The Balaban J connectivity index is 1.76. The number of amides is 2. The predicted molar refractivity (Wildman–Crippen MR) is 52.0 cm³/mol. The minimum atomic E-state index is 0.0159. The number of ketones is 1. The largest absolute Gasteiger partial charge is 0.335 e. The lowest BCUT2D eigenvalue weighted by atomic mass is 9.93. The Kier molecular flexibility index (Phi) is 2.70. The van der Waals surface area contributed by atoms with E-state index in [1.807, 2.05) is 0 Å². The lowest BCUT2D eigenvalue weighted by molar-refractivity contribution is -0.120. The molecule has 1 N–H and O–H groups in total.